The molecule has 0 aliphatic carbocycles. The molecule has 1 unspecified atom stereocenters. The van der Waals surface area contributed by atoms with E-state index in [0.717, 1.165) is 15.7 Å². The van der Waals surface area contributed by atoms with Crippen LogP contribution in [0.1, 0.15) is 0 Å². The number of aliphatic imine (C=N–C) groups is 1. The molecule has 0 amide bonds. The topological polar surface area (TPSA) is 32.7 Å². The van der Waals surface area contributed by atoms with Gasteiger partial charge in [0.05, 0.1) is 11.4 Å². The van der Waals surface area contributed by atoms with Crippen LogP contribution in [0.25, 0.3) is 10.8 Å². The summed E-state index contributed by atoms with van der Waals surface area (Å²) >= 11 is 0. The van der Waals surface area contributed by atoms with Crippen LogP contribution in [0.5, 0.6) is 0 Å². The van der Waals surface area contributed by atoms with Crippen LogP contribution in [0.15, 0.2) is 71.7 Å². The number of aldehydes is 1. The highest BCUT2D eigenvalue weighted by Crippen LogP contribution is 2.45. The molecule has 26 heavy (non-hydrogen) atoms. The van der Waals surface area contributed by atoms with Crippen LogP contribution in [0, 0.1) is 0 Å². The first-order valence-electron chi connectivity index (χ1n) is 7.96. The van der Waals surface area contributed by atoms with Crippen molar-refractivity contribution >= 4 is 39.8 Å². The lowest BCUT2D eigenvalue weighted by molar-refractivity contribution is -0.133. The molecule has 3 aromatic rings. The first kappa shape index (κ1) is 16.3. The molecule has 0 saturated carbocycles. The minimum atomic E-state index is -4.65. The number of carbonyl (C=O) groups excluding carboxylic acids is 1. The molecule has 1 atom stereocenters. The van der Waals surface area contributed by atoms with Crippen molar-refractivity contribution in [2.75, 3.05) is 4.90 Å². The second kappa shape index (κ2) is 5.98. The number of anilines is 2. The number of para-hydroxylation sites is 1. The average molecular weight is 354 g/mol. The number of fused-ring (bicyclic) bond motifs is 2. The van der Waals surface area contributed by atoms with Gasteiger partial charge in [-0.05, 0) is 35.0 Å². The lowest BCUT2D eigenvalue weighted by Gasteiger charge is -2.38. The molecule has 1 aliphatic heterocycles. The summed E-state index contributed by atoms with van der Waals surface area (Å²) in [5, 5.41) is 1.65. The van der Waals surface area contributed by atoms with Crippen LogP contribution in [0.4, 0.5) is 30.2 Å². The molecule has 1 heterocycles. The van der Waals surface area contributed by atoms with E-state index in [2.05, 4.69) is 4.99 Å². The van der Waals surface area contributed by atoms with Crippen molar-refractivity contribution in [1.82, 2.24) is 0 Å². The quantitative estimate of drug-likeness (QED) is 0.593. The summed E-state index contributed by atoms with van der Waals surface area (Å²) in [5.41, 5.74) is 0.461. The zero-order valence-corrected chi connectivity index (χ0v) is 13.4. The van der Waals surface area contributed by atoms with Crippen LogP contribution >= 0.6 is 0 Å². The van der Waals surface area contributed by atoms with Gasteiger partial charge in [0, 0.05) is 5.69 Å². The minimum absolute atomic E-state index is 0.187. The van der Waals surface area contributed by atoms with Crippen molar-refractivity contribution in [1.29, 1.82) is 0 Å². The largest absolute Gasteiger partial charge is 0.415 e. The fourth-order valence-electron chi connectivity index (χ4n) is 3.25. The van der Waals surface area contributed by atoms with E-state index in [1.807, 2.05) is 24.3 Å². The van der Waals surface area contributed by atoms with Gasteiger partial charge in [-0.3, -0.25) is 4.79 Å². The predicted molar refractivity (Wildman–Crippen MR) is 95.5 cm³/mol. The smallest absolute Gasteiger partial charge is 0.322 e. The Morgan fingerprint density at radius 2 is 1.54 bits per heavy atom. The molecule has 0 saturated heterocycles. The Labute approximate surface area is 147 Å². The minimum Gasteiger partial charge on any atom is -0.322 e. The Morgan fingerprint density at radius 3 is 2.15 bits per heavy atom. The number of alkyl halides is 3. The number of halogens is 3. The number of hydrogen-bond acceptors (Lipinski definition) is 3. The molecule has 0 N–H and O–H groups in total. The van der Waals surface area contributed by atoms with Crippen LogP contribution in [0.2, 0.25) is 0 Å². The molecule has 0 radical (unpaired) electrons. The van der Waals surface area contributed by atoms with E-state index in [1.54, 1.807) is 42.5 Å². The van der Waals surface area contributed by atoms with Gasteiger partial charge >= 0.3 is 6.18 Å². The third kappa shape index (κ3) is 2.63. The van der Waals surface area contributed by atoms with Crippen molar-refractivity contribution in [3.8, 4) is 0 Å². The van der Waals surface area contributed by atoms with Gasteiger partial charge in [0.25, 0.3) is 0 Å². The highest BCUT2D eigenvalue weighted by molar-refractivity contribution is 6.34. The Kier molecular flexibility index (Phi) is 3.76. The summed E-state index contributed by atoms with van der Waals surface area (Å²) in [7, 11) is 0. The highest BCUT2D eigenvalue weighted by atomic mass is 19.4. The monoisotopic (exact) mass is 354 g/mol. The van der Waals surface area contributed by atoms with Crippen LogP contribution in [0.3, 0.4) is 0 Å². The van der Waals surface area contributed by atoms with Crippen molar-refractivity contribution in [3.05, 3.63) is 66.7 Å². The molecule has 3 aromatic carbocycles. The van der Waals surface area contributed by atoms with E-state index in [0.29, 0.717) is 17.1 Å². The van der Waals surface area contributed by atoms with E-state index >= 15 is 0 Å². The van der Waals surface area contributed by atoms with Gasteiger partial charge in [0.15, 0.2) is 12.3 Å². The summed E-state index contributed by atoms with van der Waals surface area (Å²) in [6.07, 6.45) is -4.47. The SMILES string of the molecule is O=CC1=Nc2cc3ccccc3cc2N(c2ccccc2)C1C(F)(F)F. The predicted octanol–water partition coefficient (Wildman–Crippen LogP) is 5.19. The summed E-state index contributed by atoms with van der Waals surface area (Å²) in [4.78, 5) is 16.6. The maximum absolute atomic E-state index is 13.8. The second-order valence-electron chi connectivity index (χ2n) is 5.99. The molecular weight excluding hydrogens is 341 g/mol. The Bertz CT molecular complexity index is 1010. The van der Waals surface area contributed by atoms with Crippen molar-refractivity contribution < 1.29 is 18.0 Å². The zero-order valence-electron chi connectivity index (χ0n) is 13.4. The van der Waals surface area contributed by atoms with Crippen LogP contribution in [-0.2, 0) is 4.79 Å². The maximum atomic E-state index is 13.8. The zero-order chi connectivity index (χ0) is 18.3. The lowest BCUT2D eigenvalue weighted by Crippen LogP contribution is -2.51. The van der Waals surface area contributed by atoms with E-state index in [4.69, 9.17) is 0 Å². The number of rotatable bonds is 2. The van der Waals surface area contributed by atoms with Gasteiger partial charge in [-0.1, -0.05) is 42.5 Å². The van der Waals surface area contributed by atoms with Gasteiger partial charge in [0.1, 0.15) is 5.71 Å². The van der Waals surface area contributed by atoms with Crippen LogP contribution in [-0.4, -0.2) is 24.2 Å². The molecule has 130 valence electrons. The van der Waals surface area contributed by atoms with Gasteiger partial charge in [0.2, 0.25) is 0 Å². The molecule has 3 nitrogen and oxygen atoms in total. The van der Waals surface area contributed by atoms with E-state index in [9.17, 15) is 18.0 Å². The standard InChI is InChI=1S/C20H13F3N2O/c21-20(22,23)19-17(12-26)24-16-10-13-6-4-5-7-14(13)11-18(16)25(19)15-8-2-1-3-9-15/h1-12,19H. The van der Waals surface area contributed by atoms with Crippen molar-refractivity contribution in [3.63, 3.8) is 0 Å². The normalized spacial score (nSPS) is 17.0. The van der Waals surface area contributed by atoms with Crippen molar-refractivity contribution in [2.24, 2.45) is 4.99 Å². The highest BCUT2D eigenvalue weighted by Gasteiger charge is 2.50. The number of hydrogen-bond donors (Lipinski definition) is 0. The average Bonchev–Trinajstić information content (AvgIpc) is 2.64. The molecule has 0 spiro atoms. The fraction of sp³-hybridized carbons (Fsp3) is 0.100. The molecule has 0 fully saturated rings. The molecule has 0 aromatic heterocycles. The third-order valence-electron chi connectivity index (χ3n) is 4.36. The lowest BCUT2D eigenvalue weighted by atomic mass is 10.0. The summed E-state index contributed by atoms with van der Waals surface area (Å²) < 4.78 is 41.5. The second-order valence-corrected chi connectivity index (χ2v) is 5.99. The Hall–Kier alpha value is -3.15. The number of carbonyl (C=O) groups is 1. The van der Waals surface area contributed by atoms with Gasteiger partial charge in [-0.15, -0.1) is 0 Å². The summed E-state index contributed by atoms with van der Waals surface area (Å²) in [6.45, 7) is 0. The van der Waals surface area contributed by atoms with Gasteiger partial charge in [-0.2, -0.15) is 13.2 Å². The van der Waals surface area contributed by atoms with Gasteiger partial charge in [-0.25, -0.2) is 4.99 Å². The maximum Gasteiger partial charge on any atom is 0.415 e. The van der Waals surface area contributed by atoms with Gasteiger partial charge < -0.3 is 4.90 Å². The Morgan fingerprint density at radius 1 is 0.923 bits per heavy atom. The number of benzene rings is 3. The van der Waals surface area contributed by atoms with E-state index < -0.39 is 17.9 Å². The van der Waals surface area contributed by atoms with Crippen molar-refractivity contribution in [2.45, 2.75) is 12.2 Å². The van der Waals surface area contributed by atoms with E-state index in [1.165, 1.54) is 0 Å². The molecule has 4 rings (SSSR count). The first-order valence-corrected chi connectivity index (χ1v) is 7.96. The first-order chi connectivity index (χ1) is 12.5. The molecule has 1 aliphatic rings. The third-order valence-corrected chi connectivity index (χ3v) is 4.36. The fourth-order valence-corrected chi connectivity index (χ4v) is 3.25. The Balaban J connectivity index is 2.04. The molecular formula is C20H13F3N2O. The summed E-state index contributed by atoms with van der Waals surface area (Å²) in [5.74, 6) is 0. The number of nitrogens with zero attached hydrogens (tertiary/aromatic N) is 2. The summed E-state index contributed by atoms with van der Waals surface area (Å²) in [6, 6.07) is 16.8. The molecule has 6 heteroatoms. The van der Waals surface area contributed by atoms with Crippen LogP contribution < -0.4 is 4.90 Å². The molecule has 0 bridgehead atoms. The van der Waals surface area contributed by atoms with E-state index in [-0.39, 0.29) is 6.29 Å².